The predicted octanol–water partition coefficient (Wildman–Crippen LogP) is 2.91. The van der Waals surface area contributed by atoms with Crippen molar-refractivity contribution in [2.75, 3.05) is 5.73 Å². The van der Waals surface area contributed by atoms with Crippen molar-refractivity contribution in [1.82, 2.24) is 9.55 Å². The standard InChI is InChI=1S/C13H17N3/c1-2-7-16-12-6-5-10(14)8-11(12)15-13(16)9-3-4-9/h5-6,8-9H,2-4,7,14H2,1H3. The third-order valence-electron chi connectivity index (χ3n) is 3.19. The summed E-state index contributed by atoms with van der Waals surface area (Å²) in [6.45, 7) is 3.27. The number of nitrogens with two attached hydrogens (primary N) is 1. The molecule has 0 atom stereocenters. The number of nitrogen functional groups attached to an aromatic ring is 1. The Bertz CT molecular complexity index is 523. The monoisotopic (exact) mass is 215 g/mol. The summed E-state index contributed by atoms with van der Waals surface area (Å²) in [5.74, 6) is 1.96. The van der Waals surface area contributed by atoms with Gasteiger partial charge in [-0.25, -0.2) is 4.98 Å². The number of hydrogen-bond acceptors (Lipinski definition) is 2. The minimum Gasteiger partial charge on any atom is -0.399 e. The average molecular weight is 215 g/mol. The Morgan fingerprint density at radius 3 is 2.94 bits per heavy atom. The molecule has 0 aliphatic heterocycles. The number of nitrogens with zero attached hydrogens (tertiary/aromatic N) is 2. The fraction of sp³-hybridized carbons (Fsp3) is 0.462. The van der Waals surface area contributed by atoms with Gasteiger partial charge < -0.3 is 10.3 Å². The molecular formula is C13H17N3. The fourth-order valence-electron chi connectivity index (χ4n) is 2.28. The van der Waals surface area contributed by atoms with Crippen LogP contribution in [0.25, 0.3) is 11.0 Å². The van der Waals surface area contributed by atoms with Gasteiger partial charge in [-0.2, -0.15) is 0 Å². The zero-order chi connectivity index (χ0) is 11.1. The van der Waals surface area contributed by atoms with E-state index in [0.29, 0.717) is 5.92 Å². The number of aromatic nitrogens is 2. The molecule has 2 N–H and O–H groups in total. The number of rotatable bonds is 3. The highest BCUT2D eigenvalue weighted by molar-refractivity contribution is 5.79. The molecule has 1 heterocycles. The number of aryl methyl sites for hydroxylation is 1. The second kappa shape index (κ2) is 3.51. The molecule has 0 spiro atoms. The van der Waals surface area contributed by atoms with Gasteiger partial charge in [0.2, 0.25) is 0 Å². The van der Waals surface area contributed by atoms with E-state index in [0.717, 1.165) is 24.2 Å². The van der Waals surface area contributed by atoms with Crippen LogP contribution in [0, 0.1) is 0 Å². The van der Waals surface area contributed by atoms with Gasteiger partial charge in [-0.05, 0) is 37.5 Å². The van der Waals surface area contributed by atoms with Crippen LogP contribution in [0.15, 0.2) is 18.2 Å². The topological polar surface area (TPSA) is 43.8 Å². The average Bonchev–Trinajstić information content (AvgIpc) is 3.04. The second-order valence-electron chi connectivity index (χ2n) is 4.64. The van der Waals surface area contributed by atoms with Gasteiger partial charge in [0.1, 0.15) is 5.82 Å². The third-order valence-corrected chi connectivity index (χ3v) is 3.19. The number of anilines is 1. The van der Waals surface area contributed by atoms with Gasteiger partial charge in [-0.1, -0.05) is 6.92 Å². The van der Waals surface area contributed by atoms with Crippen LogP contribution in [0.3, 0.4) is 0 Å². The van der Waals surface area contributed by atoms with Crippen LogP contribution in [0.5, 0.6) is 0 Å². The Hall–Kier alpha value is -1.51. The van der Waals surface area contributed by atoms with Crippen molar-refractivity contribution in [3.8, 4) is 0 Å². The van der Waals surface area contributed by atoms with E-state index in [9.17, 15) is 0 Å². The van der Waals surface area contributed by atoms with Gasteiger partial charge >= 0.3 is 0 Å². The van der Waals surface area contributed by atoms with Crippen LogP contribution in [0.4, 0.5) is 5.69 Å². The largest absolute Gasteiger partial charge is 0.399 e. The van der Waals surface area contributed by atoms with E-state index >= 15 is 0 Å². The molecule has 1 aliphatic rings. The van der Waals surface area contributed by atoms with Crippen LogP contribution in [-0.2, 0) is 6.54 Å². The first-order chi connectivity index (χ1) is 7.79. The maximum atomic E-state index is 5.80. The first kappa shape index (κ1) is 9.70. The van der Waals surface area contributed by atoms with E-state index < -0.39 is 0 Å². The number of hydrogen-bond donors (Lipinski definition) is 1. The lowest BCUT2D eigenvalue weighted by molar-refractivity contribution is 0.656. The van der Waals surface area contributed by atoms with Crippen molar-refractivity contribution in [1.29, 1.82) is 0 Å². The second-order valence-corrected chi connectivity index (χ2v) is 4.64. The Morgan fingerprint density at radius 1 is 1.44 bits per heavy atom. The normalized spacial score (nSPS) is 15.8. The van der Waals surface area contributed by atoms with Crippen molar-refractivity contribution in [2.24, 2.45) is 0 Å². The molecule has 0 unspecified atom stereocenters. The summed E-state index contributed by atoms with van der Waals surface area (Å²) in [4.78, 5) is 4.74. The van der Waals surface area contributed by atoms with E-state index in [1.165, 1.54) is 24.2 Å². The van der Waals surface area contributed by atoms with E-state index in [4.69, 9.17) is 10.7 Å². The van der Waals surface area contributed by atoms with Crippen molar-refractivity contribution >= 4 is 16.7 Å². The molecule has 1 saturated carbocycles. The van der Waals surface area contributed by atoms with Crippen LogP contribution in [0.1, 0.15) is 37.9 Å². The molecule has 84 valence electrons. The maximum absolute atomic E-state index is 5.80. The lowest BCUT2D eigenvalue weighted by Gasteiger charge is -2.06. The highest BCUT2D eigenvalue weighted by atomic mass is 15.1. The molecule has 1 aliphatic carbocycles. The quantitative estimate of drug-likeness (QED) is 0.800. The Balaban J connectivity index is 2.19. The van der Waals surface area contributed by atoms with E-state index in [1.54, 1.807) is 0 Å². The maximum Gasteiger partial charge on any atom is 0.112 e. The molecule has 1 aromatic heterocycles. The summed E-state index contributed by atoms with van der Waals surface area (Å²) in [5.41, 5.74) is 8.89. The molecule has 0 bridgehead atoms. The first-order valence-corrected chi connectivity index (χ1v) is 6.05. The highest BCUT2D eigenvalue weighted by Gasteiger charge is 2.29. The molecule has 3 rings (SSSR count). The van der Waals surface area contributed by atoms with Crippen LogP contribution in [0.2, 0.25) is 0 Å². The molecule has 3 heteroatoms. The van der Waals surface area contributed by atoms with E-state index in [-0.39, 0.29) is 0 Å². The number of fused-ring (bicyclic) bond motifs is 1. The van der Waals surface area contributed by atoms with Gasteiger partial charge in [0.15, 0.2) is 0 Å². The Kier molecular flexibility index (Phi) is 2.13. The minimum absolute atomic E-state index is 0.695. The van der Waals surface area contributed by atoms with Gasteiger partial charge in [0.25, 0.3) is 0 Å². The summed E-state index contributed by atoms with van der Waals surface area (Å²) in [6.07, 6.45) is 3.74. The lowest BCUT2D eigenvalue weighted by atomic mass is 10.3. The van der Waals surface area contributed by atoms with Crippen LogP contribution in [-0.4, -0.2) is 9.55 Å². The molecular weight excluding hydrogens is 198 g/mol. The fourth-order valence-corrected chi connectivity index (χ4v) is 2.28. The Labute approximate surface area is 95.3 Å². The Morgan fingerprint density at radius 2 is 2.25 bits per heavy atom. The molecule has 1 fully saturated rings. The summed E-state index contributed by atoms with van der Waals surface area (Å²) in [6, 6.07) is 6.04. The van der Waals surface area contributed by atoms with Gasteiger partial charge in [0, 0.05) is 18.2 Å². The van der Waals surface area contributed by atoms with Crippen molar-refractivity contribution in [3.63, 3.8) is 0 Å². The molecule has 3 nitrogen and oxygen atoms in total. The first-order valence-electron chi connectivity index (χ1n) is 6.05. The summed E-state index contributed by atoms with van der Waals surface area (Å²) < 4.78 is 2.37. The number of imidazole rings is 1. The lowest BCUT2D eigenvalue weighted by Crippen LogP contribution is -2.01. The molecule has 2 aromatic rings. The molecule has 0 radical (unpaired) electrons. The van der Waals surface area contributed by atoms with Gasteiger partial charge in [-0.15, -0.1) is 0 Å². The van der Waals surface area contributed by atoms with Crippen LogP contribution < -0.4 is 5.73 Å². The van der Waals surface area contributed by atoms with E-state index in [2.05, 4.69) is 17.6 Å². The van der Waals surface area contributed by atoms with Crippen LogP contribution >= 0.6 is 0 Å². The van der Waals surface area contributed by atoms with Crippen molar-refractivity contribution in [3.05, 3.63) is 24.0 Å². The van der Waals surface area contributed by atoms with Crippen molar-refractivity contribution in [2.45, 2.75) is 38.6 Å². The van der Waals surface area contributed by atoms with Gasteiger partial charge in [0.05, 0.1) is 11.0 Å². The molecule has 0 saturated heterocycles. The number of benzene rings is 1. The smallest absolute Gasteiger partial charge is 0.112 e. The zero-order valence-electron chi connectivity index (χ0n) is 9.61. The molecule has 16 heavy (non-hydrogen) atoms. The van der Waals surface area contributed by atoms with Gasteiger partial charge in [-0.3, -0.25) is 0 Å². The van der Waals surface area contributed by atoms with E-state index in [1.807, 2.05) is 12.1 Å². The SMILES string of the molecule is CCCn1c(C2CC2)nc2cc(N)ccc21. The molecule has 0 amide bonds. The van der Waals surface area contributed by atoms with Crippen molar-refractivity contribution < 1.29 is 0 Å². The predicted molar refractivity (Wildman–Crippen MR) is 66.4 cm³/mol. The zero-order valence-corrected chi connectivity index (χ0v) is 9.61. The highest BCUT2D eigenvalue weighted by Crippen LogP contribution is 2.40. The third kappa shape index (κ3) is 1.47. The molecule has 1 aromatic carbocycles. The summed E-state index contributed by atoms with van der Waals surface area (Å²) >= 11 is 0. The summed E-state index contributed by atoms with van der Waals surface area (Å²) in [7, 11) is 0. The summed E-state index contributed by atoms with van der Waals surface area (Å²) in [5, 5.41) is 0. The minimum atomic E-state index is 0.695.